The van der Waals surface area contributed by atoms with E-state index < -0.39 is 0 Å². The van der Waals surface area contributed by atoms with E-state index in [4.69, 9.17) is 9.78 Å². The summed E-state index contributed by atoms with van der Waals surface area (Å²) in [6.07, 6.45) is 0. The van der Waals surface area contributed by atoms with Gasteiger partial charge in [0.1, 0.15) is 6.61 Å². The van der Waals surface area contributed by atoms with Gasteiger partial charge in [-0.25, -0.2) is 0 Å². The molecule has 1 aromatic rings. The van der Waals surface area contributed by atoms with E-state index in [2.05, 4.69) is 6.92 Å². The van der Waals surface area contributed by atoms with Crippen molar-refractivity contribution < 1.29 is 9.78 Å². The second-order valence-electron chi connectivity index (χ2n) is 2.29. The van der Waals surface area contributed by atoms with E-state index in [1.807, 2.05) is 18.2 Å². The van der Waals surface area contributed by atoms with Gasteiger partial charge in [0.15, 0.2) is 5.75 Å². The predicted octanol–water partition coefficient (Wildman–Crippen LogP) is 1.69. The fourth-order valence-corrected chi connectivity index (χ4v) is 0.983. The Bertz CT molecular complexity index is 255. The van der Waals surface area contributed by atoms with Crippen molar-refractivity contribution in [1.29, 1.82) is 0 Å². The summed E-state index contributed by atoms with van der Waals surface area (Å²) in [6, 6.07) is 5.72. The third kappa shape index (κ3) is 0.772. The van der Waals surface area contributed by atoms with Gasteiger partial charge in [-0.3, -0.25) is 0 Å². The van der Waals surface area contributed by atoms with E-state index in [9.17, 15) is 0 Å². The van der Waals surface area contributed by atoms with Crippen LogP contribution in [0.4, 0.5) is 0 Å². The van der Waals surface area contributed by atoms with Gasteiger partial charge in [0.25, 0.3) is 0 Å². The highest BCUT2D eigenvalue weighted by Gasteiger charge is 2.11. The van der Waals surface area contributed by atoms with Crippen LogP contribution in [0.1, 0.15) is 11.1 Å². The molecule has 0 atom stereocenters. The molecule has 2 heteroatoms. The monoisotopic (exact) mass is 135 g/mol. The summed E-state index contributed by atoms with van der Waals surface area (Å²) in [7, 11) is 0. The minimum Gasteiger partial charge on any atom is -0.337 e. The Hall–Kier alpha value is -1.02. The van der Waals surface area contributed by atoms with Gasteiger partial charge in [-0.1, -0.05) is 6.07 Å². The Morgan fingerprint density at radius 1 is 1.40 bits per heavy atom. The van der Waals surface area contributed by atoms with Crippen molar-refractivity contribution in [1.82, 2.24) is 0 Å². The van der Waals surface area contributed by atoms with Crippen molar-refractivity contribution in [3.63, 3.8) is 0 Å². The quantitative estimate of drug-likeness (QED) is 0.504. The van der Waals surface area contributed by atoms with Gasteiger partial charge in [-0.05, 0) is 24.6 Å². The maximum atomic E-state index is 4.83. The van der Waals surface area contributed by atoms with Gasteiger partial charge >= 0.3 is 0 Å². The second kappa shape index (κ2) is 1.99. The van der Waals surface area contributed by atoms with Crippen molar-refractivity contribution in [2.24, 2.45) is 0 Å². The lowest BCUT2D eigenvalue weighted by molar-refractivity contribution is -0.194. The van der Waals surface area contributed by atoms with Crippen LogP contribution in [0, 0.1) is 6.92 Å². The van der Waals surface area contributed by atoms with Crippen LogP contribution < -0.4 is 4.89 Å². The highest BCUT2D eigenvalue weighted by atomic mass is 17.2. The lowest BCUT2D eigenvalue weighted by Crippen LogP contribution is -1.80. The molecule has 2 rings (SSSR count). The molecular weight excluding hydrogens is 128 g/mol. The summed E-state index contributed by atoms with van der Waals surface area (Å²) < 4.78 is 0. The number of fused-ring (bicyclic) bond motifs is 1. The maximum Gasteiger partial charge on any atom is 0.171 e. The number of benzene rings is 1. The topological polar surface area (TPSA) is 18.5 Å². The highest BCUT2D eigenvalue weighted by molar-refractivity contribution is 5.38. The van der Waals surface area contributed by atoms with Crippen molar-refractivity contribution in [2.45, 2.75) is 6.61 Å². The van der Waals surface area contributed by atoms with E-state index in [1.165, 1.54) is 0 Å². The molecular formula is C8H7O2. The first-order valence-electron chi connectivity index (χ1n) is 3.10. The van der Waals surface area contributed by atoms with Gasteiger partial charge in [-0.15, -0.1) is 0 Å². The Morgan fingerprint density at radius 2 is 2.30 bits per heavy atom. The minimum atomic E-state index is 0.540. The van der Waals surface area contributed by atoms with Crippen LogP contribution in [0.3, 0.4) is 0 Å². The zero-order valence-corrected chi connectivity index (χ0v) is 5.46. The van der Waals surface area contributed by atoms with Crippen molar-refractivity contribution in [3.05, 3.63) is 36.2 Å². The lowest BCUT2D eigenvalue weighted by Gasteiger charge is -1.93. The summed E-state index contributed by atoms with van der Waals surface area (Å²) in [5.41, 5.74) is 2.07. The first-order chi connectivity index (χ1) is 4.86. The molecule has 1 aliphatic rings. The van der Waals surface area contributed by atoms with E-state index in [0.29, 0.717) is 6.61 Å². The van der Waals surface area contributed by atoms with Gasteiger partial charge < -0.3 is 4.89 Å². The zero-order chi connectivity index (χ0) is 6.97. The van der Waals surface area contributed by atoms with Crippen LogP contribution in [0.2, 0.25) is 0 Å². The Labute approximate surface area is 59.3 Å². The number of hydrogen-bond donors (Lipinski definition) is 0. The van der Waals surface area contributed by atoms with Crippen LogP contribution in [-0.4, -0.2) is 0 Å². The third-order valence-electron chi connectivity index (χ3n) is 1.49. The molecule has 2 nitrogen and oxygen atoms in total. The number of rotatable bonds is 0. The zero-order valence-electron chi connectivity index (χ0n) is 5.46. The van der Waals surface area contributed by atoms with Crippen molar-refractivity contribution >= 4 is 0 Å². The molecule has 0 aliphatic carbocycles. The molecule has 0 N–H and O–H groups in total. The van der Waals surface area contributed by atoms with Gasteiger partial charge in [0.2, 0.25) is 0 Å². The average Bonchev–Trinajstić information content (AvgIpc) is 2.33. The molecule has 0 aromatic heterocycles. The molecule has 1 aromatic carbocycles. The first kappa shape index (κ1) is 5.74. The fraction of sp³-hybridized carbons (Fsp3) is 0.125. The van der Waals surface area contributed by atoms with Gasteiger partial charge in [0.05, 0.1) is 0 Å². The molecule has 1 radical (unpaired) electrons. The summed E-state index contributed by atoms with van der Waals surface area (Å²) >= 11 is 0. The van der Waals surface area contributed by atoms with Crippen LogP contribution in [0.25, 0.3) is 0 Å². The van der Waals surface area contributed by atoms with E-state index in [0.717, 1.165) is 16.9 Å². The summed E-state index contributed by atoms with van der Waals surface area (Å²) in [5, 5.41) is 0. The molecule has 1 heterocycles. The largest absolute Gasteiger partial charge is 0.337 e. The summed E-state index contributed by atoms with van der Waals surface area (Å²) in [6.45, 7) is 4.33. The Balaban J connectivity index is 2.52. The molecule has 0 amide bonds. The molecule has 1 aliphatic heterocycles. The highest BCUT2D eigenvalue weighted by Crippen LogP contribution is 2.25. The molecule has 0 saturated carbocycles. The standard InChI is InChI=1S/C8H7O2/c1-6-2-3-8-7(4-6)5-9-10-8/h2-4H,1,5H2. The van der Waals surface area contributed by atoms with Crippen LogP contribution >= 0.6 is 0 Å². The molecule has 0 bridgehead atoms. The summed E-state index contributed by atoms with van der Waals surface area (Å²) in [4.78, 5) is 9.57. The smallest absolute Gasteiger partial charge is 0.171 e. The van der Waals surface area contributed by atoms with Gasteiger partial charge in [0, 0.05) is 5.56 Å². The first-order valence-corrected chi connectivity index (χ1v) is 3.10. The minimum absolute atomic E-state index is 0.540. The Morgan fingerprint density at radius 3 is 3.20 bits per heavy atom. The van der Waals surface area contributed by atoms with Crippen molar-refractivity contribution in [3.8, 4) is 5.75 Å². The Kier molecular flexibility index (Phi) is 1.14. The molecule has 10 heavy (non-hydrogen) atoms. The van der Waals surface area contributed by atoms with Crippen LogP contribution in [0.15, 0.2) is 18.2 Å². The molecule has 0 unspecified atom stereocenters. The fourth-order valence-electron chi connectivity index (χ4n) is 0.983. The van der Waals surface area contributed by atoms with E-state index in [1.54, 1.807) is 0 Å². The molecule has 0 saturated heterocycles. The van der Waals surface area contributed by atoms with Crippen molar-refractivity contribution in [2.75, 3.05) is 0 Å². The number of hydrogen-bond acceptors (Lipinski definition) is 2. The predicted molar refractivity (Wildman–Crippen MR) is 36.3 cm³/mol. The summed E-state index contributed by atoms with van der Waals surface area (Å²) in [5.74, 6) is 0.812. The van der Waals surface area contributed by atoms with E-state index >= 15 is 0 Å². The molecule has 51 valence electrons. The molecule has 0 fully saturated rings. The average molecular weight is 135 g/mol. The normalized spacial score (nSPS) is 14.5. The SMILES string of the molecule is [CH2]c1ccc2c(c1)COO2. The maximum absolute atomic E-state index is 4.83. The van der Waals surface area contributed by atoms with Crippen LogP contribution in [-0.2, 0) is 11.5 Å². The molecule has 0 spiro atoms. The second-order valence-corrected chi connectivity index (χ2v) is 2.29. The van der Waals surface area contributed by atoms with Crippen LogP contribution in [0.5, 0.6) is 5.75 Å². The third-order valence-corrected chi connectivity index (χ3v) is 1.49. The lowest BCUT2D eigenvalue weighted by atomic mass is 10.1. The van der Waals surface area contributed by atoms with Gasteiger partial charge in [-0.2, -0.15) is 4.89 Å². The van der Waals surface area contributed by atoms with E-state index in [-0.39, 0.29) is 0 Å².